The minimum Gasteiger partial charge on any atom is -0.434 e. The van der Waals surface area contributed by atoms with Crippen molar-refractivity contribution in [2.24, 2.45) is 0 Å². The summed E-state index contributed by atoms with van der Waals surface area (Å²) in [5, 5.41) is 12.1. The lowest BCUT2D eigenvalue weighted by Crippen LogP contribution is -1.88. The fourth-order valence-electron chi connectivity index (χ4n) is 8.15. The largest absolute Gasteiger partial charge is 0.434 e. The van der Waals surface area contributed by atoms with Gasteiger partial charge in [-0.2, -0.15) is 0 Å². The number of nitrogens with zero attached hydrogens (tertiary/aromatic N) is 2. The molecule has 0 unspecified atom stereocenters. The van der Waals surface area contributed by atoms with E-state index in [-0.39, 0.29) is 0 Å². The molecule has 0 fully saturated rings. The van der Waals surface area contributed by atoms with E-state index in [1.54, 1.807) is 6.20 Å². The summed E-state index contributed by atoms with van der Waals surface area (Å²) in [7, 11) is 0. The van der Waals surface area contributed by atoms with Crippen molar-refractivity contribution in [3.8, 4) is 45.0 Å². The highest BCUT2D eigenvalue weighted by molar-refractivity contribution is 6.24. The molecule has 0 saturated carbocycles. The summed E-state index contributed by atoms with van der Waals surface area (Å²) in [5.74, 6) is 0.529. The highest BCUT2D eigenvalue weighted by Gasteiger charge is 2.16. The van der Waals surface area contributed by atoms with E-state index in [9.17, 15) is 0 Å². The fourth-order valence-corrected chi connectivity index (χ4v) is 8.15. The monoisotopic (exact) mass is 674 g/mol. The third kappa shape index (κ3) is 4.82. The molecule has 2 aromatic heterocycles. The summed E-state index contributed by atoms with van der Waals surface area (Å²) in [6, 6.07) is 63.2. The molecule has 3 heteroatoms. The second-order valence-electron chi connectivity index (χ2n) is 13.8. The van der Waals surface area contributed by atoms with Crippen LogP contribution in [0.3, 0.4) is 0 Å². The molecule has 0 N–H and O–H groups in total. The average molecular weight is 675 g/mol. The first kappa shape index (κ1) is 29.6. The van der Waals surface area contributed by atoms with E-state index >= 15 is 0 Å². The lowest BCUT2D eigenvalue weighted by Gasteiger charge is -2.15. The van der Waals surface area contributed by atoms with E-state index in [4.69, 9.17) is 9.40 Å². The van der Waals surface area contributed by atoms with Crippen molar-refractivity contribution in [3.63, 3.8) is 0 Å². The number of hydrogen-bond acceptors (Lipinski definition) is 3. The van der Waals surface area contributed by atoms with Gasteiger partial charge in [-0.25, -0.2) is 4.98 Å². The zero-order valence-electron chi connectivity index (χ0n) is 28.6. The maximum atomic E-state index is 6.44. The van der Waals surface area contributed by atoms with Crippen LogP contribution in [0.5, 0.6) is 0 Å². The topological polar surface area (TPSA) is 38.9 Å². The van der Waals surface area contributed by atoms with Crippen LogP contribution in [-0.4, -0.2) is 9.97 Å². The number of pyridine rings is 1. The summed E-state index contributed by atoms with van der Waals surface area (Å²) in [6.45, 7) is 0. The van der Waals surface area contributed by atoms with Crippen LogP contribution in [0.4, 0.5) is 0 Å². The van der Waals surface area contributed by atoms with E-state index in [0.717, 1.165) is 49.5 Å². The molecule has 2 heterocycles. The van der Waals surface area contributed by atoms with Crippen molar-refractivity contribution in [3.05, 3.63) is 182 Å². The Morgan fingerprint density at radius 1 is 0.377 bits per heavy atom. The average Bonchev–Trinajstić information content (AvgIpc) is 3.68. The molecule has 0 saturated heterocycles. The third-order valence-electron chi connectivity index (χ3n) is 10.7. The van der Waals surface area contributed by atoms with Gasteiger partial charge in [-0.05, 0) is 124 Å². The first-order chi connectivity index (χ1) is 26.2. The molecule has 0 aliphatic rings. The van der Waals surface area contributed by atoms with Crippen LogP contribution in [0, 0.1) is 0 Å². The summed E-state index contributed by atoms with van der Waals surface area (Å²) >= 11 is 0. The molecule has 0 aliphatic carbocycles. The zero-order valence-corrected chi connectivity index (χ0v) is 28.6. The van der Waals surface area contributed by atoms with Crippen molar-refractivity contribution >= 4 is 65.0 Å². The summed E-state index contributed by atoms with van der Waals surface area (Å²) in [5.41, 5.74) is 9.45. The van der Waals surface area contributed by atoms with Gasteiger partial charge in [-0.3, -0.25) is 4.98 Å². The molecule has 0 radical (unpaired) electrons. The minimum atomic E-state index is 0.529. The molecular formula is C50H30N2O. The van der Waals surface area contributed by atoms with Gasteiger partial charge >= 0.3 is 0 Å². The van der Waals surface area contributed by atoms with Crippen LogP contribution in [-0.2, 0) is 0 Å². The highest BCUT2D eigenvalue weighted by Crippen LogP contribution is 2.41. The van der Waals surface area contributed by atoms with E-state index in [1.165, 1.54) is 54.6 Å². The highest BCUT2D eigenvalue weighted by atomic mass is 16.3. The van der Waals surface area contributed by atoms with Gasteiger partial charge in [-0.1, -0.05) is 133 Å². The predicted molar refractivity (Wildman–Crippen MR) is 221 cm³/mol. The maximum absolute atomic E-state index is 6.44. The summed E-state index contributed by atoms with van der Waals surface area (Å²) in [6.07, 6.45) is 1.77. The number of rotatable bonds is 4. The van der Waals surface area contributed by atoms with E-state index < -0.39 is 0 Å². The van der Waals surface area contributed by atoms with Gasteiger partial charge in [0.2, 0.25) is 5.89 Å². The number of fused-ring (bicyclic) bond motifs is 10. The quantitative estimate of drug-likeness (QED) is 0.174. The Morgan fingerprint density at radius 3 is 1.81 bits per heavy atom. The summed E-state index contributed by atoms with van der Waals surface area (Å²) in [4.78, 5) is 9.29. The van der Waals surface area contributed by atoms with Crippen molar-refractivity contribution in [2.75, 3.05) is 0 Å². The maximum Gasteiger partial charge on any atom is 0.246 e. The van der Waals surface area contributed by atoms with Gasteiger partial charge in [-0.15, -0.1) is 0 Å². The van der Waals surface area contributed by atoms with Gasteiger partial charge in [0, 0.05) is 11.6 Å². The number of hydrogen-bond donors (Lipinski definition) is 0. The Kier molecular flexibility index (Phi) is 6.55. The van der Waals surface area contributed by atoms with Gasteiger partial charge in [0.25, 0.3) is 0 Å². The van der Waals surface area contributed by atoms with Crippen molar-refractivity contribution in [1.29, 1.82) is 0 Å². The van der Waals surface area contributed by atoms with Gasteiger partial charge in [0.1, 0.15) is 11.2 Å². The Labute approximate surface area is 305 Å². The van der Waals surface area contributed by atoms with Gasteiger partial charge < -0.3 is 4.42 Å². The van der Waals surface area contributed by atoms with Crippen LogP contribution in [0.25, 0.3) is 110 Å². The Morgan fingerprint density at radius 2 is 1.00 bits per heavy atom. The molecule has 0 bridgehead atoms. The van der Waals surface area contributed by atoms with Gasteiger partial charge in [0.05, 0.1) is 0 Å². The van der Waals surface area contributed by atoms with Crippen LogP contribution in [0.2, 0.25) is 0 Å². The third-order valence-corrected chi connectivity index (χ3v) is 10.7. The second kappa shape index (κ2) is 11.7. The molecule has 0 aliphatic heterocycles. The lowest BCUT2D eigenvalue weighted by molar-refractivity contribution is 0.620. The van der Waals surface area contributed by atoms with Crippen LogP contribution >= 0.6 is 0 Å². The fraction of sp³-hybridized carbons (Fsp3) is 0. The predicted octanol–water partition coefficient (Wildman–Crippen LogP) is 13.7. The summed E-state index contributed by atoms with van der Waals surface area (Å²) < 4.78 is 6.44. The van der Waals surface area contributed by atoms with Crippen molar-refractivity contribution < 1.29 is 4.42 Å². The first-order valence-electron chi connectivity index (χ1n) is 18.0. The number of aromatic nitrogens is 2. The second-order valence-corrected chi connectivity index (χ2v) is 13.8. The number of benzene rings is 9. The smallest absolute Gasteiger partial charge is 0.246 e. The Balaban J connectivity index is 1.04. The van der Waals surface area contributed by atoms with Crippen molar-refractivity contribution in [1.82, 2.24) is 9.97 Å². The van der Waals surface area contributed by atoms with Crippen LogP contribution < -0.4 is 0 Å². The standard InChI is InChI=1S/C50H30N2O/c1-3-15-40-31(9-1)22-24-42-43(30-39-10-2-4-16-41(39)48(40)42)38-14-8-13-36(28-38)34-11-7-12-35(27-34)37-21-19-32-18-20-33-23-25-45-49(47(33)44(32)29-37)53-50(52-45)46-17-5-6-26-51-46/h1-30H. The Bertz CT molecular complexity index is 3220. The number of oxazole rings is 1. The minimum absolute atomic E-state index is 0.529. The first-order valence-corrected chi connectivity index (χ1v) is 18.0. The van der Waals surface area contributed by atoms with Crippen LogP contribution in [0.1, 0.15) is 0 Å². The SMILES string of the molecule is c1ccc(-c2nc3ccc4ccc5ccc(-c6cccc(-c7cccc(-c8cc9ccccc9c9c8ccc8ccccc89)c7)c6)cc5c4c3o2)nc1. The Hall–Kier alpha value is -7.10. The van der Waals surface area contributed by atoms with Crippen molar-refractivity contribution in [2.45, 2.75) is 0 Å². The molecule has 3 nitrogen and oxygen atoms in total. The van der Waals surface area contributed by atoms with E-state index in [2.05, 4.69) is 157 Å². The van der Waals surface area contributed by atoms with Gasteiger partial charge in [0.15, 0.2) is 5.58 Å². The molecule has 53 heavy (non-hydrogen) atoms. The zero-order chi connectivity index (χ0) is 34.9. The van der Waals surface area contributed by atoms with E-state index in [0.29, 0.717) is 5.89 Å². The molecule has 246 valence electrons. The molecule has 0 amide bonds. The molecule has 11 aromatic rings. The van der Waals surface area contributed by atoms with E-state index in [1.807, 2.05) is 24.3 Å². The normalized spacial score (nSPS) is 11.8. The molecule has 0 atom stereocenters. The van der Waals surface area contributed by atoms with Crippen LogP contribution in [0.15, 0.2) is 187 Å². The lowest BCUT2D eigenvalue weighted by atomic mass is 9.89. The molecule has 11 rings (SSSR count). The molecular weight excluding hydrogens is 645 g/mol. The molecule has 0 spiro atoms. The molecule has 9 aromatic carbocycles.